The Hall–Kier alpha value is -4.49. The minimum absolute atomic E-state index is 0.00524. The third kappa shape index (κ3) is 5.08. The zero-order valence-electron chi connectivity index (χ0n) is 23.6. The summed E-state index contributed by atoms with van der Waals surface area (Å²) < 4.78 is 2.24. The van der Waals surface area contributed by atoms with Gasteiger partial charge in [0.05, 0.1) is 33.6 Å². The van der Waals surface area contributed by atoms with Crippen LogP contribution in [0.3, 0.4) is 0 Å². The van der Waals surface area contributed by atoms with Gasteiger partial charge in [0.1, 0.15) is 11.8 Å². The van der Waals surface area contributed by atoms with Gasteiger partial charge in [0.15, 0.2) is 0 Å². The number of benzene rings is 2. The lowest BCUT2D eigenvalue weighted by molar-refractivity contribution is -0.384. The van der Waals surface area contributed by atoms with E-state index < -0.39 is 0 Å². The van der Waals surface area contributed by atoms with E-state index in [9.17, 15) is 15.4 Å². The summed E-state index contributed by atoms with van der Waals surface area (Å²) in [5, 5.41) is 26.2. The normalized spacial score (nSPS) is 12.7. The summed E-state index contributed by atoms with van der Waals surface area (Å²) in [7, 11) is 3.92. The molecular weight excluding hydrogens is 504 g/mol. The number of hydrogen-bond acceptors (Lipinski definition) is 8. The Kier molecular flexibility index (Phi) is 7.41. The van der Waals surface area contributed by atoms with Crippen molar-refractivity contribution in [1.82, 2.24) is 19.4 Å². The van der Waals surface area contributed by atoms with Crippen LogP contribution >= 0.6 is 0 Å². The van der Waals surface area contributed by atoms with Crippen LogP contribution in [0.25, 0.3) is 22.2 Å². The highest BCUT2D eigenvalue weighted by Gasteiger charge is 2.23. The molecule has 1 N–H and O–H groups in total. The van der Waals surface area contributed by atoms with E-state index in [4.69, 9.17) is 4.98 Å². The summed E-state index contributed by atoms with van der Waals surface area (Å²) in [6.07, 6.45) is 5.67. The van der Waals surface area contributed by atoms with Crippen molar-refractivity contribution in [3.05, 3.63) is 69.5 Å². The van der Waals surface area contributed by atoms with Crippen molar-refractivity contribution >= 4 is 33.9 Å². The average Bonchev–Trinajstić information content (AvgIpc) is 3.32. The Morgan fingerprint density at radius 2 is 2.05 bits per heavy atom. The largest absolute Gasteiger partial charge is 0.368 e. The minimum atomic E-state index is -0.360. The Morgan fingerprint density at radius 1 is 1.25 bits per heavy atom. The zero-order chi connectivity index (χ0) is 28.6. The van der Waals surface area contributed by atoms with Gasteiger partial charge in [-0.1, -0.05) is 18.2 Å². The SMILES string of the molecule is Cc1cc(N(C)CCN(C)C(C)C)c([N+](=O)[O-])cc1Nc1ncc(C#N)c(-c2cn3c4c(cccc24)CCC3)n1. The van der Waals surface area contributed by atoms with Gasteiger partial charge in [-0.15, -0.1) is 0 Å². The molecule has 0 radical (unpaired) electrons. The Labute approximate surface area is 234 Å². The molecular formula is C30H34N8O2. The van der Waals surface area contributed by atoms with Crippen LogP contribution in [0.1, 0.15) is 37.0 Å². The number of nitrogens with one attached hydrogen (secondary N) is 1. The second-order valence-electron chi connectivity index (χ2n) is 10.8. The number of aromatic nitrogens is 3. The molecule has 0 fully saturated rings. The summed E-state index contributed by atoms with van der Waals surface area (Å²) in [6.45, 7) is 8.50. The van der Waals surface area contributed by atoms with Crippen LogP contribution in [0.2, 0.25) is 0 Å². The summed E-state index contributed by atoms with van der Waals surface area (Å²) in [6, 6.07) is 12.2. The van der Waals surface area contributed by atoms with Crippen LogP contribution in [-0.2, 0) is 13.0 Å². The third-order valence-electron chi connectivity index (χ3n) is 7.84. The fraction of sp³-hybridized carbons (Fsp3) is 0.367. The van der Waals surface area contributed by atoms with Crippen molar-refractivity contribution < 1.29 is 4.92 Å². The number of anilines is 3. The standard InChI is InChI=1S/C30H34N8O2/c1-19(2)35(4)12-13-36(5)26-14-20(3)25(15-27(26)38(39)40)33-30-32-17-22(16-31)28(34-30)24-18-37-11-7-9-21-8-6-10-23(24)29(21)37/h6,8,10,14-15,17-19H,7,9,11-13H2,1-5H3,(H,32,33,34). The average molecular weight is 539 g/mol. The fourth-order valence-corrected chi connectivity index (χ4v) is 5.25. The minimum Gasteiger partial charge on any atom is -0.368 e. The van der Waals surface area contributed by atoms with Crippen molar-refractivity contribution in [3.8, 4) is 17.3 Å². The Bertz CT molecular complexity index is 1640. The van der Waals surface area contributed by atoms with Crippen LogP contribution in [-0.4, -0.2) is 57.6 Å². The molecule has 1 aliphatic rings. The van der Waals surface area contributed by atoms with Crippen molar-refractivity contribution in [2.75, 3.05) is 37.4 Å². The number of nitro benzene ring substituents is 1. The number of aryl methyl sites for hydroxylation is 3. The highest BCUT2D eigenvalue weighted by molar-refractivity contribution is 5.98. The van der Waals surface area contributed by atoms with Gasteiger partial charge >= 0.3 is 0 Å². The van der Waals surface area contributed by atoms with Crippen molar-refractivity contribution in [3.63, 3.8) is 0 Å². The summed E-state index contributed by atoms with van der Waals surface area (Å²) in [5.74, 6) is 0.276. The maximum atomic E-state index is 12.1. The molecule has 1 aliphatic heterocycles. The highest BCUT2D eigenvalue weighted by Crippen LogP contribution is 2.37. The molecule has 2 aromatic heterocycles. The lowest BCUT2D eigenvalue weighted by Gasteiger charge is -2.26. The van der Waals surface area contributed by atoms with E-state index in [1.807, 2.05) is 38.1 Å². The molecule has 0 aliphatic carbocycles. The van der Waals surface area contributed by atoms with E-state index in [-0.39, 0.29) is 16.6 Å². The molecule has 3 heterocycles. The van der Waals surface area contributed by atoms with Crippen LogP contribution in [0.5, 0.6) is 0 Å². The fourth-order valence-electron chi connectivity index (χ4n) is 5.25. The molecule has 4 aromatic rings. The van der Waals surface area contributed by atoms with Crippen LogP contribution in [0.15, 0.2) is 42.7 Å². The first-order valence-electron chi connectivity index (χ1n) is 13.5. The van der Waals surface area contributed by atoms with Crippen LogP contribution < -0.4 is 10.2 Å². The highest BCUT2D eigenvalue weighted by atomic mass is 16.6. The Morgan fingerprint density at radius 3 is 2.77 bits per heavy atom. The maximum Gasteiger partial charge on any atom is 0.294 e. The zero-order valence-corrected chi connectivity index (χ0v) is 23.6. The molecule has 0 amide bonds. The number of para-hydroxylation sites is 1. The lowest BCUT2D eigenvalue weighted by atomic mass is 10.0. The number of rotatable bonds is 9. The van der Waals surface area contributed by atoms with E-state index in [0.29, 0.717) is 35.2 Å². The molecule has 0 unspecified atom stereocenters. The summed E-state index contributed by atoms with van der Waals surface area (Å²) in [5.41, 5.74) is 6.21. The molecule has 0 saturated carbocycles. The van der Waals surface area contributed by atoms with E-state index >= 15 is 0 Å². The number of nitriles is 1. The molecule has 0 spiro atoms. The summed E-state index contributed by atoms with van der Waals surface area (Å²) >= 11 is 0. The van der Waals surface area contributed by atoms with Crippen LogP contribution in [0.4, 0.5) is 23.0 Å². The predicted molar refractivity (Wildman–Crippen MR) is 158 cm³/mol. The number of nitrogens with zero attached hydrogens (tertiary/aromatic N) is 7. The number of nitro groups is 1. The number of likely N-dealkylation sites (N-methyl/N-ethyl adjacent to an activating group) is 2. The first kappa shape index (κ1) is 27.1. The van der Waals surface area contributed by atoms with Crippen molar-refractivity contribution in [2.24, 2.45) is 0 Å². The van der Waals surface area contributed by atoms with Crippen molar-refractivity contribution in [2.45, 2.75) is 46.2 Å². The molecule has 206 valence electrons. The first-order chi connectivity index (χ1) is 19.2. The molecule has 0 atom stereocenters. The molecule has 40 heavy (non-hydrogen) atoms. The van der Waals surface area contributed by atoms with E-state index in [1.165, 1.54) is 23.3 Å². The molecule has 2 aromatic carbocycles. The summed E-state index contributed by atoms with van der Waals surface area (Å²) in [4.78, 5) is 25.0. The van der Waals surface area contributed by atoms with Gasteiger partial charge < -0.3 is 19.7 Å². The first-order valence-corrected chi connectivity index (χ1v) is 13.5. The second-order valence-corrected chi connectivity index (χ2v) is 10.8. The topological polar surface area (TPSA) is 116 Å². The predicted octanol–water partition coefficient (Wildman–Crippen LogP) is 5.65. The third-order valence-corrected chi connectivity index (χ3v) is 7.84. The van der Waals surface area contributed by atoms with Crippen LogP contribution in [0, 0.1) is 28.4 Å². The van der Waals surface area contributed by atoms with E-state index in [2.05, 4.69) is 58.0 Å². The molecule has 0 saturated heterocycles. The quantitative estimate of drug-likeness (QED) is 0.215. The van der Waals surface area contributed by atoms with Gasteiger partial charge in [0, 0.05) is 55.9 Å². The van der Waals surface area contributed by atoms with Gasteiger partial charge in [-0.25, -0.2) is 9.97 Å². The second kappa shape index (κ2) is 10.9. The lowest BCUT2D eigenvalue weighted by Crippen LogP contribution is -2.34. The Balaban J connectivity index is 1.49. The smallest absolute Gasteiger partial charge is 0.294 e. The molecule has 10 heteroatoms. The molecule has 5 rings (SSSR count). The maximum absolute atomic E-state index is 12.1. The van der Waals surface area contributed by atoms with Gasteiger partial charge in [-0.3, -0.25) is 10.1 Å². The molecule has 10 nitrogen and oxygen atoms in total. The van der Waals surface area contributed by atoms with Crippen molar-refractivity contribution in [1.29, 1.82) is 5.26 Å². The molecule has 0 bridgehead atoms. The monoisotopic (exact) mass is 538 g/mol. The van der Waals surface area contributed by atoms with Gasteiger partial charge in [0.25, 0.3) is 5.69 Å². The van der Waals surface area contributed by atoms with Gasteiger partial charge in [-0.2, -0.15) is 5.26 Å². The van der Waals surface area contributed by atoms with E-state index in [1.54, 1.807) is 0 Å². The van der Waals surface area contributed by atoms with Gasteiger partial charge in [-0.05, 0) is 57.9 Å². The number of hydrogen-bond donors (Lipinski definition) is 1. The van der Waals surface area contributed by atoms with E-state index in [0.717, 1.165) is 42.4 Å². The van der Waals surface area contributed by atoms with Gasteiger partial charge in [0.2, 0.25) is 5.95 Å².